The first kappa shape index (κ1) is 10.6. The summed E-state index contributed by atoms with van der Waals surface area (Å²) in [5.74, 6) is -0.384. The topological polar surface area (TPSA) is 119 Å². The minimum atomic E-state index is -0.819. The fourth-order valence-electron chi connectivity index (χ4n) is 0.723. The van der Waals surface area contributed by atoms with Crippen LogP contribution in [0.5, 0.6) is 0 Å². The molecule has 0 fully saturated rings. The average molecular weight is 208 g/mol. The molecule has 0 radical (unpaired) electrons. The number of rotatable bonds is 3. The third-order valence-electron chi connectivity index (χ3n) is 1.28. The number of nitrogens with one attached hydrogen (secondary N) is 1. The highest BCUT2D eigenvalue weighted by molar-refractivity contribution is 5.81. The number of guanidine groups is 1. The molecule has 1 heterocycles. The van der Waals surface area contributed by atoms with E-state index in [0.29, 0.717) is 0 Å². The maximum Gasteiger partial charge on any atom is 0.275 e. The van der Waals surface area contributed by atoms with Crippen molar-refractivity contribution in [2.75, 3.05) is 0 Å². The lowest BCUT2D eigenvalue weighted by molar-refractivity contribution is -0.525. The van der Waals surface area contributed by atoms with Crippen LogP contribution in [0.25, 0.3) is 0 Å². The first-order valence-electron chi connectivity index (χ1n) is 3.86. The van der Waals surface area contributed by atoms with Gasteiger partial charge >= 0.3 is 0 Å². The van der Waals surface area contributed by atoms with Crippen molar-refractivity contribution in [3.8, 4) is 0 Å². The van der Waals surface area contributed by atoms with E-state index in [-0.39, 0.29) is 5.96 Å². The van der Waals surface area contributed by atoms with Crippen LogP contribution in [0.2, 0.25) is 0 Å². The van der Waals surface area contributed by atoms with Gasteiger partial charge in [-0.2, -0.15) is 5.10 Å². The second kappa shape index (κ2) is 5.27. The number of hydrazine groups is 1. The molecule has 0 spiro atoms. The second-order valence-electron chi connectivity index (χ2n) is 2.38. The summed E-state index contributed by atoms with van der Waals surface area (Å²) in [6.45, 7) is 0. The third kappa shape index (κ3) is 4.31. The molecule has 0 saturated heterocycles. The van der Waals surface area contributed by atoms with Gasteiger partial charge < -0.3 is 5.73 Å². The Labute approximate surface area is 84.7 Å². The molecule has 0 saturated carbocycles. The molecule has 0 aromatic carbocycles. The molecule has 0 amide bonds. The number of pyridine rings is 1. The molecule has 8 heteroatoms. The summed E-state index contributed by atoms with van der Waals surface area (Å²) in [5.41, 5.74) is 7.53. The van der Waals surface area contributed by atoms with E-state index in [4.69, 9.17) is 5.73 Å². The molecule has 1 aromatic heterocycles. The molecule has 3 N–H and O–H groups in total. The smallest absolute Gasteiger partial charge is 0.275 e. The molecule has 8 nitrogen and oxygen atoms in total. The Morgan fingerprint density at radius 3 is 2.87 bits per heavy atom. The molecule has 0 aliphatic carbocycles. The SMILES string of the molecule is N/C(=N\N=Cc1ccncc1)N[N+](=O)[O-]. The highest BCUT2D eigenvalue weighted by Crippen LogP contribution is 1.90. The Balaban J connectivity index is 2.56. The largest absolute Gasteiger partial charge is 0.364 e. The highest BCUT2D eigenvalue weighted by atomic mass is 16.7. The minimum absolute atomic E-state index is 0.384. The molecule has 15 heavy (non-hydrogen) atoms. The normalized spacial score (nSPS) is 11.6. The summed E-state index contributed by atoms with van der Waals surface area (Å²) in [6.07, 6.45) is 4.57. The van der Waals surface area contributed by atoms with Crippen molar-refractivity contribution in [2.24, 2.45) is 15.9 Å². The molecule has 0 aliphatic rings. The number of hydrogen-bond donors (Lipinski definition) is 2. The lowest BCUT2D eigenvalue weighted by atomic mass is 10.3. The van der Waals surface area contributed by atoms with Gasteiger partial charge in [-0.25, -0.2) is 10.1 Å². The Bertz CT molecular complexity index is 388. The van der Waals surface area contributed by atoms with E-state index in [9.17, 15) is 10.1 Å². The van der Waals surface area contributed by atoms with Gasteiger partial charge in [-0.15, -0.1) is 5.10 Å². The van der Waals surface area contributed by atoms with Gasteiger partial charge in [0.15, 0.2) is 5.03 Å². The average Bonchev–Trinajstić information content (AvgIpc) is 2.18. The summed E-state index contributed by atoms with van der Waals surface area (Å²) >= 11 is 0. The van der Waals surface area contributed by atoms with Crippen molar-refractivity contribution in [1.82, 2.24) is 10.4 Å². The Kier molecular flexibility index (Phi) is 3.71. The quantitative estimate of drug-likeness (QED) is 0.300. The maximum absolute atomic E-state index is 9.92. The summed E-state index contributed by atoms with van der Waals surface area (Å²) < 4.78 is 0. The van der Waals surface area contributed by atoms with Crippen molar-refractivity contribution in [3.05, 3.63) is 40.2 Å². The van der Waals surface area contributed by atoms with Gasteiger partial charge in [-0.1, -0.05) is 5.43 Å². The Hall–Kier alpha value is -2.51. The first-order chi connectivity index (χ1) is 7.18. The lowest BCUT2D eigenvalue weighted by Crippen LogP contribution is -2.35. The number of nitrogens with zero attached hydrogens (tertiary/aromatic N) is 4. The van der Waals surface area contributed by atoms with Gasteiger partial charge in [0.2, 0.25) is 0 Å². The summed E-state index contributed by atoms with van der Waals surface area (Å²) in [5, 5.41) is 16.0. The standard InChI is InChI=1S/C7H8N6O2/c8-7(12-13(14)15)11-10-5-6-1-3-9-4-2-6/h1-5H,(H3,8,11,12). The monoisotopic (exact) mass is 208 g/mol. The predicted octanol–water partition coefficient (Wildman–Crippen LogP) is -0.488. The molecule has 0 atom stereocenters. The fraction of sp³-hybridized carbons (Fsp3) is 0. The van der Waals surface area contributed by atoms with Gasteiger partial charge in [0, 0.05) is 12.4 Å². The number of nitrogens with two attached hydrogens (primary N) is 1. The third-order valence-corrected chi connectivity index (χ3v) is 1.28. The van der Waals surface area contributed by atoms with E-state index in [1.165, 1.54) is 6.21 Å². The zero-order chi connectivity index (χ0) is 11.1. The van der Waals surface area contributed by atoms with E-state index in [2.05, 4.69) is 15.2 Å². The van der Waals surface area contributed by atoms with Gasteiger partial charge in [0.25, 0.3) is 5.96 Å². The minimum Gasteiger partial charge on any atom is -0.364 e. The van der Waals surface area contributed by atoms with Crippen molar-refractivity contribution in [2.45, 2.75) is 0 Å². The van der Waals surface area contributed by atoms with Gasteiger partial charge in [-0.05, 0) is 17.7 Å². The van der Waals surface area contributed by atoms with Crippen molar-refractivity contribution in [3.63, 3.8) is 0 Å². The first-order valence-corrected chi connectivity index (χ1v) is 3.86. The molecular formula is C7H8N6O2. The fourth-order valence-corrected chi connectivity index (χ4v) is 0.723. The van der Waals surface area contributed by atoms with Crippen LogP contribution >= 0.6 is 0 Å². The van der Waals surface area contributed by atoms with Crippen molar-refractivity contribution >= 4 is 12.2 Å². The van der Waals surface area contributed by atoms with Crippen LogP contribution in [0.3, 0.4) is 0 Å². The maximum atomic E-state index is 9.92. The Morgan fingerprint density at radius 1 is 1.60 bits per heavy atom. The molecule has 78 valence electrons. The molecular weight excluding hydrogens is 200 g/mol. The summed E-state index contributed by atoms with van der Waals surface area (Å²) in [4.78, 5) is 13.7. The zero-order valence-electron chi connectivity index (χ0n) is 7.57. The van der Waals surface area contributed by atoms with E-state index in [1.807, 2.05) is 0 Å². The van der Waals surface area contributed by atoms with Crippen LogP contribution in [0.4, 0.5) is 0 Å². The zero-order valence-corrected chi connectivity index (χ0v) is 7.57. The van der Waals surface area contributed by atoms with E-state index >= 15 is 0 Å². The number of hydrogen-bond acceptors (Lipinski definition) is 5. The van der Waals surface area contributed by atoms with E-state index < -0.39 is 5.03 Å². The molecule has 0 aliphatic heterocycles. The van der Waals surface area contributed by atoms with Crippen LogP contribution in [0.1, 0.15) is 5.56 Å². The van der Waals surface area contributed by atoms with Crippen LogP contribution in [-0.4, -0.2) is 22.2 Å². The molecule has 0 unspecified atom stereocenters. The van der Waals surface area contributed by atoms with Gasteiger partial charge in [0.1, 0.15) is 0 Å². The molecule has 1 rings (SSSR count). The number of aromatic nitrogens is 1. The van der Waals surface area contributed by atoms with Gasteiger partial charge in [-0.3, -0.25) is 4.98 Å². The molecule has 0 bridgehead atoms. The second-order valence-corrected chi connectivity index (χ2v) is 2.38. The highest BCUT2D eigenvalue weighted by Gasteiger charge is 1.96. The van der Waals surface area contributed by atoms with E-state index in [0.717, 1.165) is 5.56 Å². The van der Waals surface area contributed by atoms with Crippen LogP contribution in [0, 0.1) is 10.1 Å². The molecule has 1 aromatic rings. The lowest BCUT2D eigenvalue weighted by Gasteiger charge is -1.91. The van der Waals surface area contributed by atoms with Crippen LogP contribution in [0.15, 0.2) is 34.7 Å². The van der Waals surface area contributed by atoms with Crippen LogP contribution < -0.4 is 11.2 Å². The van der Waals surface area contributed by atoms with Crippen molar-refractivity contribution < 1.29 is 5.03 Å². The number of nitro groups is 1. The van der Waals surface area contributed by atoms with Gasteiger partial charge in [0.05, 0.1) is 6.21 Å². The summed E-state index contributed by atoms with van der Waals surface area (Å²) in [6, 6.07) is 3.41. The van der Waals surface area contributed by atoms with Crippen molar-refractivity contribution in [1.29, 1.82) is 0 Å². The Morgan fingerprint density at radius 2 is 2.27 bits per heavy atom. The summed E-state index contributed by atoms with van der Waals surface area (Å²) in [7, 11) is 0. The van der Waals surface area contributed by atoms with E-state index in [1.54, 1.807) is 30.0 Å². The van der Waals surface area contributed by atoms with Crippen LogP contribution in [-0.2, 0) is 0 Å². The predicted molar refractivity (Wildman–Crippen MR) is 53.6 cm³/mol.